The van der Waals surface area contributed by atoms with Crippen LogP contribution in [0.5, 0.6) is 5.75 Å². The van der Waals surface area contributed by atoms with Gasteiger partial charge >= 0.3 is 0 Å². The molecule has 4 aromatic rings. The number of aldehydes is 2. The van der Waals surface area contributed by atoms with Crippen LogP contribution in [0.2, 0.25) is 0 Å². The van der Waals surface area contributed by atoms with Crippen molar-refractivity contribution in [2.45, 2.75) is 128 Å². The Hall–Kier alpha value is -4.84. The predicted molar refractivity (Wildman–Crippen MR) is 236 cm³/mol. The molecular formula is C49H73NO5. The third kappa shape index (κ3) is 28.3. The van der Waals surface area contributed by atoms with Gasteiger partial charge in [0, 0.05) is 17.5 Å². The number of hydrogen-bond donors (Lipinski definition) is 1. The maximum Gasteiger partial charge on any atom is 0.251 e. The molecule has 0 aromatic heterocycles. The van der Waals surface area contributed by atoms with E-state index in [9.17, 15) is 9.59 Å². The van der Waals surface area contributed by atoms with Crippen LogP contribution in [-0.4, -0.2) is 30.9 Å². The van der Waals surface area contributed by atoms with Crippen molar-refractivity contribution < 1.29 is 23.9 Å². The maximum atomic E-state index is 13.0. The average Bonchev–Trinajstić information content (AvgIpc) is 3.13. The monoisotopic (exact) mass is 756 g/mol. The fourth-order valence-electron chi connectivity index (χ4n) is 4.25. The molecule has 0 aliphatic rings. The highest BCUT2D eigenvalue weighted by Gasteiger charge is 2.16. The number of ketones is 1. The van der Waals surface area contributed by atoms with Crippen molar-refractivity contribution in [3.63, 3.8) is 0 Å². The second-order valence-corrected chi connectivity index (χ2v) is 13.6. The molecule has 6 nitrogen and oxygen atoms in total. The first-order valence-corrected chi connectivity index (χ1v) is 19.3. The first-order chi connectivity index (χ1) is 25.7. The number of amides is 1. The van der Waals surface area contributed by atoms with E-state index in [1.165, 1.54) is 31.4 Å². The van der Waals surface area contributed by atoms with Crippen LogP contribution in [0.15, 0.2) is 103 Å². The lowest BCUT2D eigenvalue weighted by atomic mass is 10.00. The summed E-state index contributed by atoms with van der Waals surface area (Å²) in [4.78, 5) is 43.5. The molecule has 4 aromatic carbocycles. The van der Waals surface area contributed by atoms with Crippen molar-refractivity contribution in [2.24, 2.45) is 5.92 Å². The van der Waals surface area contributed by atoms with Gasteiger partial charge in [0.1, 0.15) is 18.3 Å². The van der Waals surface area contributed by atoms with E-state index in [2.05, 4.69) is 91.9 Å². The number of Topliss-reactive ketones (excluding diaryl/α,β-unsaturated/α-hetero) is 1. The highest BCUT2D eigenvalue weighted by Crippen LogP contribution is 2.21. The van der Waals surface area contributed by atoms with Crippen molar-refractivity contribution in [2.75, 3.05) is 6.61 Å². The second-order valence-electron chi connectivity index (χ2n) is 13.6. The third-order valence-electron chi connectivity index (χ3n) is 6.86. The summed E-state index contributed by atoms with van der Waals surface area (Å²) in [5.41, 5.74) is 5.62. The third-order valence-corrected chi connectivity index (χ3v) is 6.86. The van der Waals surface area contributed by atoms with E-state index >= 15 is 0 Å². The lowest BCUT2D eigenvalue weighted by Gasteiger charge is -2.16. The number of aryl methyl sites for hydroxylation is 1. The van der Waals surface area contributed by atoms with E-state index in [1.54, 1.807) is 18.2 Å². The Bertz CT molecular complexity index is 1520. The molecule has 0 spiro atoms. The summed E-state index contributed by atoms with van der Waals surface area (Å²) in [6.45, 7) is 24.8. The fraction of sp³-hybridized carbons (Fsp3) is 0.429. The van der Waals surface area contributed by atoms with E-state index < -0.39 is 0 Å². The molecule has 0 saturated heterocycles. The summed E-state index contributed by atoms with van der Waals surface area (Å²) >= 11 is 0. The minimum atomic E-state index is -0.231. The maximum absolute atomic E-state index is 13.0. The molecule has 6 heteroatoms. The molecule has 55 heavy (non-hydrogen) atoms. The smallest absolute Gasteiger partial charge is 0.251 e. The standard InChI is InChI=1S/C27H29NO3.C10H14.C4H10.C3H8.2C2H4O.CH4/c1-3-4-15-31-25-18-23(26(29)16-21-11-7-5-8-12-21)17-24(19-25)27(30)28-20(2)22-13-9-6-10-14-22;1-8(2)10-6-4-9(3)5-7-10;1-4(2)3;1-3-2;2*1-2-3;/h5-14,17-20H,3-4,15-16H2,1-2H3,(H,28,30);4-8H,1-3H3;4H,1-3H3;3H2,1-2H3;2*2H,1H3;1H4/t20-;;;;;;/m1....../s1. The number of carbonyl (C=O) groups excluding carboxylic acids is 4. The van der Waals surface area contributed by atoms with Crippen LogP contribution in [0, 0.1) is 12.8 Å². The minimum absolute atomic E-state index is 0. The van der Waals surface area contributed by atoms with Crippen LogP contribution >= 0.6 is 0 Å². The van der Waals surface area contributed by atoms with Gasteiger partial charge < -0.3 is 19.6 Å². The van der Waals surface area contributed by atoms with E-state index in [4.69, 9.17) is 14.3 Å². The number of hydrogen-bond acceptors (Lipinski definition) is 5. The van der Waals surface area contributed by atoms with E-state index in [0.717, 1.165) is 42.5 Å². The van der Waals surface area contributed by atoms with Crippen LogP contribution in [0.25, 0.3) is 0 Å². The Balaban J connectivity index is -0.000000921. The number of ether oxygens (including phenoxy) is 1. The average molecular weight is 756 g/mol. The van der Waals surface area contributed by atoms with Crippen LogP contribution in [0.3, 0.4) is 0 Å². The topological polar surface area (TPSA) is 89.5 Å². The highest BCUT2D eigenvalue weighted by atomic mass is 16.5. The summed E-state index contributed by atoms with van der Waals surface area (Å²) in [7, 11) is 0. The lowest BCUT2D eigenvalue weighted by molar-refractivity contribution is -0.106. The van der Waals surface area contributed by atoms with Crippen LogP contribution in [0.4, 0.5) is 0 Å². The molecule has 0 bridgehead atoms. The van der Waals surface area contributed by atoms with Crippen LogP contribution < -0.4 is 10.1 Å². The first kappa shape index (κ1) is 54.5. The number of rotatable bonds is 11. The number of benzene rings is 4. The SMILES string of the molecule is C.CC(C)C.CC=O.CC=O.CCC.CCCCOc1cc(C(=O)Cc2ccccc2)cc(C(=O)N[C@H](C)c2ccccc2)c1.Cc1ccc(C(C)C)cc1. The largest absolute Gasteiger partial charge is 0.494 e. The van der Waals surface area contributed by atoms with Gasteiger partial charge in [-0.3, -0.25) is 9.59 Å². The summed E-state index contributed by atoms with van der Waals surface area (Å²) in [6.07, 6.45) is 4.95. The van der Waals surface area contributed by atoms with Crippen molar-refractivity contribution in [1.82, 2.24) is 5.32 Å². The first-order valence-electron chi connectivity index (χ1n) is 19.3. The molecule has 0 fully saturated rings. The normalized spacial score (nSPS) is 9.85. The highest BCUT2D eigenvalue weighted by molar-refractivity contribution is 6.02. The number of unbranched alkanes of at least 4 members (excludes halogenated alkanes) is 1. The zero-order chi connectivity index (χ0) is 41.3. The quantitative estimate of drug-likeness (QED) is 0.0935. The number of nitrogens with one attached hydrogen (secondary N) is 1. The van der Waals surface area contributed by atoms with Gasteiger partial charge in [-0.05, 0) is 80.8 Å². The molecule has 0 heterocycles. The Kier molecular flexibility index (Phi) is 34.6. The second kappa shape index (κ2) is 34.9. The van der Waals surface area contributed by atoms with Crippen molar-refractivity contribution in [3.05, 3.63) is 137 Å². The summed E-state index contributed by atoms with van der Waals surface area (Å²) in [5.74, 6) is 1.76. The molecule has 0 unspecified atom stereocenters. The Morgan fingerprint density at radius 1 is 0.691 bits per heavy atom. The van der Waals surface area contributed by atoms with Gasteiger partial charge in [0.25, 0.3) is 5.91 Å². The predicted octanol–water partition coefficient (Wildman–Crippen LogP) is 13.0. The molecule has 304 valence electrons. The molecule has 0 aliphatic heterocycles. The minimum Gasteiger partial charge on any atom is -0.494 e. The van der Waals surface area contributed by atoms with Crippen molar-refractivity contribution in [1.29, 1.82) is 0 Å². The van der Waals surface area contributed by atoms with E-state index in [-0.39, 0.29) is 31.6 Å². The van der Waals surface area contributed by atoms with Crippen LogP contribution in [0.1, 0.15) is 158 Å². The van der Waals surface area contributed by atoms with Gasteiger partial charge in [-0.1, -0.05) is 166 Å². The Labute approximate surface area is 335 Å². The molecule has 1 atom stereocenters. The van der Waals surface area contributed by atoms with E-state index in [1.807, 2.05) is 67.6 Å². The van der Waals surface area contributed by atoms with Gasteiger partial charge in [0.05, 0.1) is 12.6 Å². The Morgan fingerprint density at radius 3 is 1.60 bits per heavy atom. The lowest BCUT2D eigenvalue weighted by Crippen LogP contribution is -2.27. The number of carbonyl (C=O) groups is 4. The summed E-state index contributed by atoms with van der Waals surface area (Å²) in [6, 6.07) is 33.1. The zero-order valence-electron chi connectivity index (χ0n) is 35.3. The summed E-state index contributed by atoms with van der Waals surface area (Å²) in [5, 5.41) is 3.02. The molecule has 0 saturated carbocycles. The van der Waals surface area contributed by atoms with Gasteiger partial charge in [-0.2, -0.15) is 0 Å². The molecule has 1 amide bonds. The van der Waals surface area contributed by atoms with E-state index in [0.29, 0.717) is 29.4 Å². The van der Waals surface area contributed by atoms with Gasteiger partial charge in [0.15, 0.2) is 5.78 Å². The van der Waals surface area contributed by atoms with Gasteiger partial charge in [-0.25, -0.2) is 0 Å². The Morgan fingerprint density at radius 2 is 1.15 bits per heavy atom. The van der Waals surface area contributed by atoms with Crippen molar-refractivity contribution >= 4 is 24.3 Å². The molecule has 4 rings (SSSR count). The fourth-order valence-corrected chi connectivity index (χ4v) is 4.25. The van der Waals surface area contributed by atoms with Gasteiger partial charge in [0.2, 0.25) is 0 Å². The summed E-state index contributed by atoms with van der Waals surface area (Å²) < 4.78 is 5.84. The van der Waals surface area contributed by atoms with Gasteiger partial charge in [-0.15, -0.1) is 0 Å². The van der Waals surface area contributed by atoms with Crippen molar-refractivity contribution in [3.8, 4) is 5.75 Å². The van der Waals surface area contributed by atoms with Crippen LogP contribution in [-0.2, 0) is 16.0 Å². The zero-order valence-corrected chi connectivity index (χ0v) is 35.3. The molecule has 1 N–H and O–H groups in total. The molecule has 0 aliphatic carbocycles. The molecule has 0 radical (unpaired) electrons. The molecular weight excluding hydrogens is 683 g/mol.